The average molecular weight is 438 g/mol. The summed E-state index contributed by atoms with van der Waals surface area (Å²) in [5.74, 6) is -0.134. The van der Waals surface area contributed by atoms with Crippen LogP contribution < -0.4 is 5.56 Å². The third kappa shape index (κ3) is 6.04. The van der Waals surface area contributed by atoms with Crippen LogP contribution in [0.1, 0.15) is 16.7 Å². The first-order valence-corrected chi connectivity index (χ1v) is 11.1. The lowest BCUT2D eigenvalue weighted by Crippen LogP contribution is -2.38. The van der Waals surface area contributed by atoms with E-state index in [1.165, 1.54) is 16.3 Å². The third-order valence-electron chi connectivity index (χ3n) is 5.58. The number of nitrogens with zero attached hydrogens (tertiary/aromatic N) is 3. The van der Waals surface area contributed by atoms with Crippen molar-refractivity contribution in [2.24, 2.45) is 0 Å². The molecule has 5 heteroatoms. The Hall–Kier alpha value is -3.99. The molecule has 4 aromatic rings. The van der Waals surface area contributed by atoms with Gasteiger partial charge in [-0.2, -0.15) is 5.10 Å². The Labute approximate surface area is 193 Å². The second-order valence-electron chi connectivity index (χ2n) is 8.12. The summed E-state index contributed by atoms with van der Waals surface area (Å²) >= 11 is 0. The van der Waals surface area contributed by atoms with E-state index in [4.69, 9.17) is 0 Å². The molecule has 3 aromatic carbocycles. The number of hydrogen-bond acceptors (Lipinski definition) is 3. The summed E-state index contributed by atoms with van der Waals surface area (Å²) in [7, 11) is 0. The molecule has 33 heavy (non-hydrogen) atoms. The molecule has 0 spiro atoms. The molecular weight excluding hydrogens is 410 g/mol. The number of benzene rings is 3. The van der Waals surface area contributed by atoms with Crippen molar-refractivity contribution in [3.05, 3.63) is 124 Å². The normalized spacial score (nSPS) is 10.7. The van der Waals surface area contributed by atoms with Crippen LogP contribution in [-0.2, 0) is 24.3 Å². The first kappa shape index (κ1) is 22.2. The van der Waals surface area contributed by atoms with Crippen molar-refractivity contribution in [3.63, 3.8) is 0 Å². The number of aryl methyl sites for hydroxylation is 1. The molecule has 0 aliphatic heterocycles. The third-order valence-corrected chi connectivity index (χ3v) is 5.58. The number of carbonyl (C=O) groups is 1. The van der Waals surface area contributed by atoms with E-state index >= 15 is 0 Å². The summed E-state index contributed by atoms with van der Waals surface area (Å²) in [5.41, 5.74) is 4.65. The fourth-order valence-corrected chi connectivity index (χ4v) is 3.67. The Bertz CT molecular complexity index is 1250. The van der Waals surface area contributed by atoms with E-state index in [0.717, 1.165) is 23.1 Å². The molecule has 0 bridgehead atoms. The van der Waals surface area contributed by atoms with E-state index in [9.17, 15) is 9.59 Å². The minimum absolute atomic E-state index is 0.0971. The molecule has 0 aliphatic carbocycles. The maximum atomic E-state index is 13.3. The highest BCUT2D eigenvalue weighted by Gasteiger charge is 2.16. The van der Waals surface area contributed by atoms with E-state index in [-0.39, 0.29) is 18.0 Å². The zero-order valence-corrected chi connectivity index (χ0v) is 18.7. The van der Waals surface area contributed by atoms with Crippen molar-refractivity contribution < 1.29 is 4.79 Å². The van der Waals surface area contributed by atoms with E-state index in [1.807, 2.05) is 79.7 Å². The lowest BCUT2D eigenvalue weighted by Gasteiger charge is -2.23. The zero-order valence-electron chi connectivity index (χ0n) is 18.7. The SMILES string of the molecule is Cc1ccc(-c2ccc(=O)n(CC(=O)N(CCc3ccccc3)Cc3ccccc3)n2)cc1. The zero-order chi connectivity index (χ0) is 23.0. The van der Waals surface area contributed by atoms with Crippen LogP contribution in [0.2, 0.25) is 0 Å². The fourth-order valence-electron chi connectivity index (χ4n) is 3.67. The van der Waals surface area contributed by atoms with Crippen LogP contribution in [-0.4, -0.2) is 27.1 Å². The number of amides is 1. The number of carbonyl (C=O) groups excluding carboxylic acids is 1. The van der Waals surface area contributed by atoms with E-state index in [0.29, 0.717) is 18.8 Å². The Balaban J connectivity index is 1.54. The second-order valence-corrected chi connectivity index (χ2v) is 8.12. The van der Waals surface area contributed by atoms with Gasteiger partial charge in [0.2, 0.25) is 5.91 Å². The van der Waals surface area contributed by atoms with Crippen LogP contribution in [0.5, 0.6) is 0 Å². The quantitative estimate of drug-likeness (QED) is 0.408. The minimum atomic E-state index is -0.290. The molecule has 1 heterocycles. The second kappa shape index (κ2) is 10.6. The van der Waals surface area contributed by atoms with Crippen LogP contribution >= 0.6 is 0 Å². The van der Waals surface area contributed by atoms with Crippen LogP contribution in [0.25, 0.3) is 11.3 Å². The smallest absolute Gasteiger partial charge is 0.267 e. The summed E-state index contributed by atoms with van der Waals surface area (Å²) < 4.78 is 1.26. The predicted molar refractivity (Wildman–Crippen MR) is 131 cm³/mol. The minimum Gasteiger partial charge on any atom is -0.336 e. The molecule has 4 rings (SSSR count). The van der Waals surface area contributed by atoms with Gasteiger partial charge in [-0.1, -0.05) is 90.5 Å². The Morgan fingerprint density at radius 3 is 2.12 bits per heavy atom. The van der Waals surface area contributed by atoms with Gasteiger partial charge in [0.1, 0.15) is 6.54 Å². The molecule has 166 valence electrons. The van der Waals surface area contributed by atoms with Crippen LogP contribution in [0, 0.1) is 6.92 Å². The lowest BCUT2D eigenvalue weighted by atomic mass is 10.1. The average Bonchev–Trinajstić information content (AvgIpc) is 2.85. The molecule has 0 fully saturated rings. The van der Waals surface area contributed by atoms with Crippen molar-refractivity contribution in [2.45, 2.75) is 26.4 Å². The summed E-state index contributed by atoms with van der Waals surface area (Å²) in [6.45, 7) is 2.97. The summed E-state index contributed by atoms with van der Waals surface area (Å²) in [6.07, 6.45) is 0.741. The number of hydrogen-bond donors (Lipinski definition) is 0. The lowest BCUT2D eigenvalue weighted by molar-refractivity contribution is -0.132. The first-order valence-electron chi connectivity index (χ1n) is 11.1. The maximum absolute atomic E-state index is 13.3. The Kier molecular flexibility index (Phi) is 7.10. The molecule has 0 unspecified atom stereocenters. The Morgan fingerprint density at radius 1 is 0.818 bits per heavy atom. The highest BCUT2D eigenvalue weighted by Crippen LogP contribution is 2.16. The summed E-state index contributed by atoms with van der Waals surface area (Å²) in [5, 5.41) is 4.48. The van der Waals surface area contributed by atoms with Gasteiger partial charge < -0.3 is 4.90 Å². The van der Waals surface area contributed by atoms with Crippen molar-refractivity contribution in [1.82, 2.24) is 14.7 Å². The predicted octanol–water partition coefficient (Wildman–Crippen LogP) is 4.49. The molecule has 0 saturated carbocycles. The number of rotatable bonds is 8. The summed E-state index contributed by atoms with van der Waals surface area (Å²) in [6, 6.07) is 31.1. The van der Waals surface area contributed by atoms with Gasteiger partial charge in [-0.25, -0.2) is 4.68 Å². The van der Waals surface area contributed by atoms with Gasteiger partial charge in [0, 0.05) is 24.7 Å². The Morgan fingerprint density at radius 2 is 1.45 bits per heavy atom. The van der Waals surface area contributed by atoms with E-state index in [2.05, 4.69) is 17.2 Å². The molecule has 0 radical (unpaired) electrons. The molecular formula is C28H27N3O2. The number of aromatic nitrogens is 2. The molecule has 0 atom stereocenters. The van der Waals surface area contributed by atoms with Gasteiger partial charge in [-0.3, -0.25) is 9.59 Å². The highest BCUT2D eigenvalue weighted by molar-refractivity contribution is 5.76. The highest BCUT2D eigenvalue weighted by atomic mass is 16.2. The van der Waals surface area contributed by atoms with Gasteiger partial charge in [0.15, 0.2) is 0 Å². The standard InChI is InChI=1S/C28H27N3O2/c1-22-12-14-25(15-13-22)26-16-17-27(32)31(29-26)21-28(33)30(20-24-10-6-3-7-11-24)19-18-23-8-4-2-5-9-23/h2-17H,18-21H2,1H3. The largest absolute Gasteiger partial charge is 0.336 e. The van der Waals surface area contributed by atoms with Gasteiger partial charge >= 0.3 is 0 Å². The van der Waals surface area contributed by atoms with Crippen molar-refractivity contribution in [1.29, 1.82) is 0 Å². The molecule has 0 saturated heterocycles. The summed E-state index contributed by atoms with van der Waals surface area (Å²) in [4.78, 5) is 27.6. The molecule has 0 aliphatic rings. The molecule has 1 aromatic heterocycles. The van der Waals surface area contributed by atoms with Crippen molar-refractivity contribution in [2.75, 3.05) is 6.54 Å². The fraction of sp³-hybridized carbons (Fsp3) is 0.179. The topological polar surface area (TPSA) is 55.2 Å². The van der Waals surface area contributed by atoms with Crippen molar-refractivity contribution in [3.8, 4) is 11.3 Å². The van der Waals surface area contributed by atoms with E-state index in [1.54, 1.807) is 11.0 Å². The molecule has 1 amide bonds. The van der Waals surface area contributed by atoms with Crippen LogP contribution in [0.4, 0.5) is 0 Å². The van der Waals surface area contributed by atoms with Crippen molar-refractivity contribution >= 4 is 5.91 Å². The van der Waals surface area contributed by atoms with E-state index < -0.39 is 0 Å². The maximum Gasteiger partial charge on any atom is 0.267 e. The van der Waals surface area contributed by atoms with Gasteiger partial charge in [-0.05, 0) is 30.5 Å². The molecule has 5 nitrogen and oxygen atoms in total. The van der Waals surface area contributed by atoms with Gasteiger partial charge in [-0.15, -0.1) is 0 Å². The van der Waals surface area contributed by atoms with Crippen LogP contribution in [0.3, 0.4) is 0 Å². The van der Waals surface area contributed by atoms with Gasteiger partial charge in [0.05, 0.1) is 5.69 Å². The monoisotopic (exact) mass is 437 g/mol. The van der Waals surface area contributed by atoms with Crippen LogP contribution in [0.15, 0.2) is 102 Å². The first-order chi connectivity index (χ1) is 16.1. The van der Waals surface area contributed by atoms with Gasteiger partial charge in [0.25, 0.3) is 5.56 Å². The molecule has 0 N–H and O–H groups in total.